The highest BCUT2D eigenvalue weighted by atomic mass is 32.2. The largest absolute Gasteiger partial charge is 0.485 e. The maximum absolute atomic E-state index is 12.0. The van der Waals surface area contributed by atoms with Crippen LogP contribution < -0.4 is 20.3 Å². The van der Waals surface area contributed by atoms with Gasteiger partial charge in [-0.1, -0.05) is 12.1 Å². The van der Waals surface area contributed by atoms with Crippen molar-refractivity contribution >= 4 is 21.7 Å². The third-order valence-electron chi connectivity index (χ3n) is 3.93. The van der Waals surface area contributed by atoms with Gasteiger partial charge >= 0.3 is 0 Å². The van der Waals surface area contributed by atoms with Gasteiger partial charge in [-0.2, -0.15) is 0 Å². The Labute approximate surface area is 139 Å². The van der Waals surface area contributed by atoms with Crippen LogP contribution in [0.15, 0.2) is 24.3 Å². The van der Waals surface area contributed by atoms with Crippen molar-refractivity contribution in [3.8, 4) is 11.5 Å². The molecular formula is C15H18N2O6S. The van der Waals surface area contributed by atoms with Crippen molar-refractivity contribution in [1.29, 1.82) is 0 Å². The molecule has 0 radical (unpaired) electrons. The molecular weight excluding hydrogens is 336 g/mol. The maximum atomic E-state index is 12.0. The van der Waals surface area contributed by atoms with Gasteiger partial charge in [0.1, 0.15) is 6.61 Å². The molecule has 130 valence electrons. The average Bonchev–Trinajstić information content (AvgIpc) is 2.90. The van der Waals surface area contributed by atoms with E-state index in [1.54, 1.807) is 24.3 Å². The van der Waals surface area contributed by atoms with Crippen LogP contribution in [-0.4, -0.2) is 44.4 Å². The van der Waals surface area contributed by atoms with E-state index >= 15 is 0 Å². The highest BCUT2D eigenvalue weighted by Gasteiger charge is 2.30. The zero-order valence-electron chi connectivity index (χ0n) is 12.9. The molecule has 0 spiro atoms. The fourth-order valence-corrected chi connectivity index (χ4v) is 4.57. The lowest BCUT2D eigenvalue weighted by molar-refractivity contribution is -0.135. The molecule has 2 N–H and O–H groups in total. The van der Waals surface area contributed by atoms with Crippen LogP contribution in [0.2, 0.25) is 0 Å². The van der Waals surface area contributed by atoms with Crippen molar-refractivity contribution in [2.24, 2.45) is 5.92 Å². The number of para-hydroxylation sites is 2. The molecule has 1 saturated heterocycles. The van der Waals surface area contributed by atoms with E-state index in [1.165, 1.54) is 0 Å². The van der Waals surface area contributed by atoms with Gasteiger partial charge < -0.3 is 9.47 Å². The number of carbonyl (C=O) groups is 2. The Balaban J connectivity index is 1.45. The Morgan fingerprint density at radius 1 is 1.17 bits per heavy atom. The summed E-state index contributed by atoms with van der Waals surface area (Å²) in [6, 6.07) is 6.99. The monoisotopic (exact) mass is 354 g/mol. The minimum absolute atomic E-state index is 0.0186. The molecule has 0 aliphatic carbocycles. The number of carbonyl (C=O) groups excluding carboxylic acids is 2. The first-order valence-corrected chi connectivity index (χ1v) is 9.43. The molecule has 24 heavy (non-hydrogen) atoms. The summed E-state index contributed by atoms with van der Waals surface area (Å²) in [5.74, 6) is 0.00116. The van der Waals surface area contributed by atoms with Gasteiger partial charge in [-0.05, 0) is 24.5 Å². The Morgan fingerprint density at radius 3 is 2.62 bits per heavy atom. The summed E-state index contributed by atoms with van der Waals surface area (Å²) in [7, 11) is -3.02. The summed E-state index contributed by atoms with van der Waals surface area (Å²) in [6.07, 6.45) is -0.336. The molecule has 2 aliphatic heterocycles. The van der Waals surface area contributed by atoms with Gasteiger partial charge in [0.2, 0.25) is 12.0 Å². The van der Waals surface area contributed by atoms with Gasteiger partial charge in [-0.25, -0.2) is 8.42 Å². The first-order chi connectivity index (χ1) is 11.4. The van der Waals surface area contributed by atoms with Gasteiger partial charge in [0.05, 0.1) is 11.5 Å². The maximum Gasteiger partial charge on any atom is 0.283 e. The quantitative estimate of drug-likeness (QED) is 0.727. The molecule has 2 heterocycles. The van der Waals surface area contributed by atoms with Crippen LogP contribution in [-0.2, 0) is 19.4 Å². The van der Waals surface area contributed by atoms with Gasteiger partial charge in [0.15, 0.2) is 21.3 Å². The fraction of sp³-hybridized carbons (Fsp3) is 0.467. The van der Waals surface area contributed by atoms with E-state index in [0.717, 1.165) is 0 Å². The number of nitrogens with one attached hydrogen (secondary N) is 2. The predicted molar refractivity (Wildman–Crippen MR) is 84.0 cm³/mol. The van der Waals surface area contributed by atoms with Crippen LogP contribution in [0.25, 0.3) is 0 Å². The third-order valence-corrected chi connectivity index (χ3v) is 5.76. The molecule has 2 atom stereocenters. The number of amides is 2. The molecule has 2 aliphatic rings. The molecule has 0 aromatic heterocycles. The molecule has 1 fully saturated rings. The summed E-state index contributed by atoms with van der Waals surface area (Å²) in [4.78, 5) is 23.8. The molecule has 0 bridgehead atoms. The van der Waals surface area contributed by atoms with E-state index in [2.05, 4.69) is 10.9 Å². The number of hydrazine groups is 1. The van der Waals surface area contributed by atoms with Crippen molar-refractivity contribution in [3.05, 3.63) is 24.3 Å². The van der Waals surface area contributed by atoms with Crippen LogP contribution >= 0.6 is 0 Å². The molecule has 8 nitrogen and oxygen atoms in total. The molecule has 1 aromatic rings. The van der Waals surface area contributed by atoms with E-state index in [1.807, 2.05) is 0 Å². The lowest BCUT2D eigenvalue weighted by atomic mass is 10.1. The van der Waals surface area contributed by atoms with Crippen molar-refractivity contribution in [2.45, 2.75) is 18.9 Å². The zero-order chi connectivity index (χ0) is 17.2. The second-order valence-corrected chi connectivity index (χ2v) is 8.10. The lowest BCUT2D eigenvalue weighted by Crippen LogP contribution is -2.51. The Bertz CT molecular complexity index is 748. The molecule has 1 aromatic carbocycles. The van der Waals surface area contributed by atoms with Gasteiger partial charge in [-0.15, -0.1) is 0 Å². The molecule has 0 unspecified atom stereocenters. The average molecular weight is 354 g/mol. The summed E-state index contributed by atoms with van der Waals surface area (Å²) in [6.45, 7) is 0.0413. The normalized spacial score (nSPS) is 24.2. The van der Waals surface area contributed by atoms with Gasteiger partial charge in [0.25, 0.3) is 5.91 Å². The molecule has 9 heteroatoms. The van der Waals surface area contributed by atoms with E-state index in [0.29, 0.717) is 17.9 Å². The minimum atomic E-state index is -3.02. The topological polar surface area (TPSA) is 111 Å². The van der Waals surface area contributed by atoms with Gasteiger partial charge in [-0.3, -0.25) is 20.4 Å². The van der Waals surface area contributed by atoms with E-state index in [-0.39, 0.29) is 30.5 Å². The van der Waals surface area contributed by atoms with Crippen LogP contribution in [0.1, 0.15) is 12.8 Å². The number of sulfone groups is 1. The van der Waals surface area contributed by atoms with E-state index < -0.39 is 27.8 Å². The summed E-state index contributed by atoms with van der Waals surface area (Å²) in [5.41, 5.74) is 4.57. The first kappa shape index (κ1) is 16.6. The summed E-state index contributed by atoms with van der Waals surface area (Å²) < 4.78 is 33.7. The summed E-state index contributed by atoms with van der Waals surface area (Å²) in [5, 5.41) is 0. The Kier molecular flexibility index (Phi) is 4.61. The minimum Gasteiger partial charge on any atom is -0.485 e. The number of ether oxygens (including phenoxy) is 2. The van der Waals surface area contributed by atoms with Crippen LogP contribution in [0.4, 0.5) is 0 Å². The number of rotatable bonds is 3. The smallest absolute Gasteiger partial charge is 0.283 e. The van der Waals surface area contributed by atoms with Crippen molar-refractivity contribution in [3.63, 3.8) is 0 Å². The second kappa shape index (κ2) is 6.68. The molecule has 0 saturated carbocycles. The van der Waals surface area contributed by atoms with Crippen LogP contribution in [0, 0.1) is 5.92 Å². The number of hydrogen-bond donors (Lipinski definition) is 2. The second-order valence-electron chi connectivity index (χ2n) is 5.87. The van der Waals surface area contributed by atoms with E-state index in [9.17, 15) is 18.0 Å². The fourth-order valence-electron chi connectivity index (χ4n) is 2.71. The summed E-state index contributed by atoms with van der Waals surface area (Å²) >= 11 is 0. The molecule has 3 rings (SSSR count). The standard InChI is InChI=1S/C15H18N2O6S/c18-14(7-10-5-6-24(20,21)9-10)16-17-15(19)13-8-22-11-3-1-2-4-12(11)23-13/h1-4,10,13H,5-9H2,(H,16,18)(H,17,19)/t10-,13-/m1/s1. The number of fused-ring (bicyclic) bond motifs is 1. The zero-order valence-corrected chi connectivity index (χ0v) is 13.7. The lowest BCUT2D eigenvalue weighted by Gasteiger charge is -2.25. The Hall–Kier alpha value is -2.29. The molecule has 2 amide bonds. The van der Waals surface area contributed by atoms with Crippen molar-refractivity contribution < 1.29 is 27.5 Å². The number of benzene rings is 1. The van der Waals surface area contributed by atoms with Crippen molar-refractivity contribution in [1.82, 2.24) is 10.9 Å². The van der Waals surface area contributed by atoms with Crippen LogP contribution in [0.3, 0.4) is 0 Å². The third kappa shape index (κ3) is 3.97. The number of hydrogen-bond acceptors (Lipinski definition) is 6. The van der Waals surface area contributed by atoms with E-state index in [4.69, 9.17) is 9.47 Å². The highest BCUT2D eigenvalue weighted by Crippen LogP contribution is 2.30. The van der Waals surface area contributed by atoms with Gasteiger partial charge in [0, 0.05) is 6.42 Å². The van der Waals surface area contributed by atoms with Crippen molar-refractivity contribution in [2.75, 3.05) is 18.1 Å². The Morgan fingerprint density at radius 2 is 1.92 bits per heavy atom. The van der Waals surface area contributed by atoms with Crippen LogP contribution in [0.5, 0.6) is 11.5 Å². The predicted octanol–water partition coefficient (Wildman–Crippen LogP) is -0.201. The first-order valence-electron chi connectivity index (χ1n) is 7.60. The SMILES string of the molecule is O=C(C[C@H]1CCS(=O)(=O)C1)NNC(=O)[C@H]1COc2ccccc2O1. The highest BCUT2D eigenvalue weighted by molar-refractivity contribution is 7.91.